The van der Waals surface area contributed by atoms with E-state index in [1.165, 1.54) is 27.3 Å². The molecule has 0 saturated carbocycles. The Kier molecular flexibility index (Phi) is 11.3. The number of allylic oxidation sites excluding steroid dienone is 2. The molecule has 0 aliphatic rings. The van der Waals surface area contributed by atoms with Crippen LogP contribution < -0.4 is 0 Å². The van der Waals surface area contributed by atoms with Gasteiger partial charge in [-0.25, -0.2) is 0 Å². The fourth-order valence-corrected chi connectivity index (χ4v) is 4.17. The number of pyridine rings is 1. The van der Waals surface area contributed by atoms with Crippen LogP contribution in [0.15, 0.2) is 47.7 Å². The van der Waals surface area contributed by atoms with E-state index >= 15 is 0 Å². The van der Waals surface area contributed by atoms with Crippen molar-refractivity contribution in [3.05, 3.63) is 64.9 Å². The first kappa shape index (κ1) is 32.2. The molecule has 0 bridgehead atoms. The molecule has 0 spiro atoms. The van der Waals surface area contributed by atoms with Crippen molar-refractivity contribution in [2.75, 3.05) is 0 Å². The molecule has 5 heteroatoms. The maximum atomic E-state index is 11.5. The number of benzene rings is 1. The van der Waals surface area contributed by atoms with E-state index in [-0.39, 0.29) is 42.5 Å². The maximum Gasteiger partial charge on any atom is 0.164 e. The van der Waals surface area contributed by atoms with Crippen LogP contribution in [0.1, 0.15) is 86.3 Å². The second kappa shape index (κ2) is 12.6. The number of nitrogens with zero attached hydrogens (tertiary/aromatic N) is 1. The zero-order valence-corrected chi connectivity index (χ0v) is 26.7. The second-order valence-electron chi connectivity index (χ2n) is 11.7. The first-order chi connectivity index (χ1) is 16.1. The molecule has 3 rings (SSSR count). The third-order valence-electron chi connectivity index (χ3n) is 6.65. The molecule has 2 aromatic heterocycles. The van der Waals surface area contributed by atoms with Gasteiger partial charge in [0.15, 0.2) is 5.78 Å². The summed E-state index contributed by atoms with van der Waals surface area (Å²) in [6.07, 6.45) is 5.59. The SMILES string of the molecule is CC(C)(C)C(=O)/C=C(\O)C(C)(C)C.CCC(C)(CC)c1cc(C)[c-]c(-c2cc3ccsc3cn2)c1.[Ir]. The Morgan fingerprint density at radius 3 is 2.17 bits per heavy atom. The van der Waals surface area contributed by atoms with E-state index in [4.69, 9.17) is 0 Å². The van der Waals surface area contributed by atoms with Gasteiger partial charge in [-0.1, -0.05) is 75.3 Å². The fourth-order valence-electron chi connectivity index (χ4n) is 3.43. The van der Waals surface area contributed by atoms with E-state index < -0.39 is 5.41 Å². The van der Waals surface area contributed by atoms with Crippen molar-refractivity contribution in [3.8, 4) is 11.3 Å². The smallest absolute Gasteiger partial charge is 0.164 e. The average Bonchev–Trinajstić information content (AvgIpc) is 3.25. The van der Waals surface area contributed by atoms with Crippen molar-refractivity contribution in [1.29, 1.82) is 0 Å². The summed E-state index contributed by atoms with van der Waals surface area (Å²) in [6.45, 7) is 20.1. The van der Waals surface area contributed by atoms with Gasteiger partial charge >= 0.3 is 0 Å². The number of hydrogen-bond donors (Lipinski definition) is 1. The van der Waals surface area contributed by atoms with Crippen LogP contribution in [0.3, 0.4) is 0 Å². The summed E-state index contributed by atoms with van der Waals surface area (Å²) < 4.78 is 1.24. The van der Waals surface area contributed by atoms with Gasteiger partial charge in [-0.2, -0.15) is 0 Å². The van der Waals surface area contributed by atoms with Gasteiger partial charge in [0, 0.05) is 43.2 Å². The zero-order chi connectivity index (χ0) is 26.6. The summed E-state index contributed by atoms with van der Waals surface area (Å²) in [5.41, 5.74) is 4.17. The van der Waals surface area contributed by atoms with Crippen LogP contribution in [0.5, 0.6) is 0 Å². The molecule has 1 N–H and O–H groups in total. The van der Waals surface area contributed by atoms with Crippen LogP contribution in [0.25, 0.3) is 21.3 Å². The molecule has 0 aliphatic carbocycles. The molecule has 0 amide bonds. The van der Waals surface area contributed by atoms with Gasteiger partial charge in [-0.3, -0.25) is 4.79 Å². The number of rotatable bonds is 5. The summed E-state index contributed by atoms with van der Waals surface area (Å²) in [7, 11) is 0. The maximum absolute atomic E-state index is 11.5. The summed E-state index contributed by atoms with van der Waals surface area (Å²) in [4.78, 5) is 16.1. The summed E-state index contributed by atoms with van der Waals surface area (Å²) in [5, 5.41) is 12.9. The van der Waals surface area contributed by atoms with E-state index in [1.807, 2.05) is 47.7 Å². The number of hydrogen-bond acceptors (Lipinski definition) is 4. The number of carbonyl (C=O) groups excluding carboxylic acids is 1. The molecule has 3 nitrogen and oxygen atoms in total. The quantitative estimate of drug-likeness (QED) is 0.166. The van der Waals surface area contributed by atoms with Crippen molar-refractivity contribution in [1.82, 2.24) is 4.98 Å². The van der Waals surface area contributed by atoms with Crippen molar-refractivity contribution >= 4 is 27.2 Å². The fraction of sp³-hybridized carbons (Fsp3) is 0.484. The number of ketones is 1. The molecule has 1 radical (unpaired) electrons. The predicted molar refractivity (Wildman–Crippen MR) is 151 cm³/mol. The minimum absolute atomic E-state index is 0. The van der Waals surface area contributed by atoms with Gasteiger partial charge in [0.1, 0.15) is 5.76 Å². The molecule has 36 heavy (non-hydrogen) atoms. The molecule has 0 unspecified atom stereocenters. The van der Waals surface area contributed by atoms with Gasteiger partial charge in [-0.15, -0.1) is 46.2 Å². The van der Waals surface area contributed by atoms with Crippen LogP contribution in [-0.4, -0.2) is 15.9 Å². The third-order valence-corrected chi connectivity index (χ3v) is 7.52. The number of aliphatic hydroxyl groups excluding tert-OH is 1. The van der Waals surface area contributed by atoms with Gasteiger partial charge in [0.2, 0.25) is 0 Å². The number of aromatic nitrogens is 1. The molecule has 0 atom stereocenters. The first-order valence-corrected chi connectivity index (χ1v) is 13.3. The largest absolute Gasteiger partial charge is 0.512 e. The molecular formula is C31H42IrNO2S-. The standard InChI is InChI=1S/C20H22NS.C11H20O2.Ir/c1-5-20(4,6-2)17-10-14(3)9-16(11-17)18-12-15-7-8-22-19(15)13-21-18;1-10(2,3)8(12)7-9(13)11(4,5)6;/h7-8,10-13H,5-6H2,1-4H3;7,12H,1-6H3;/q-1;;/b;8-7-;. The molecule has 199 valence electrons. The van der Waals surface area contributed by atoms with Gasteiger partial charge in [0.25, 0.3) is 0 Å². The summed E-state index contributed by atoms with van der Waals surface area (Å²) in [5.74, 6) is 0.104. The van der Waals surface area contributed by atoms with Gasteiger partial charge in [-0.05, 0) is 40.8 Å². The monoisotopic (exact) mass is 685 g/mol. The molecular weight excluding hydrogens is 643 g/mol. The Bertz CT molecular complexity index is 1190. The minimum Gasteiger partial charge on any atom is -0.512 e. The van der Waals surface area contributed by atoms with Crippen LogP contribution >= 0.6 is 11.3 Å². The summed E-state index contributed by atoms with van der Waals surface area (Å²) >= 11 is 1.74. The van der Waals surface area contributed by atoms with Gasteiger partial charge < -0.3 is 10.1 Å². The molecule has 1 aromatic carbocycles. The van der Waals surface area contributed by atoms with Crippen LogP contribution in [0.4, 0.5) is 0 Å². The molecule has 0 fully saturated rings. The Morgan fingerprint density at radius 1 is 1.03 bits per heavy atom. The average molecular weight is 685 g/mol. The number of thiophene rings is 1. The van der Waals surface area contributed by atoms with E-state index in [9.17, 15) is 9.90 Å². The zero-order valence-electron chi connectivity index (χ0n) is 23.5. The van der Waals surface area contributed by atoms with E-state index in [2.05, 4.69) is 68.4 Å². The Labute approximate surface area is 235 Å². The molecule has 0 saturated heterocycles. The molecule has 2 heterocycles. The second-order valence-corrected chi connectivity index (χ2v) is 12.6. The van der Waals surface area contributed by atoms with Crippen LogP contribution in [0.2, 0.25) is 0 Å². The molecule has 0 aliphatic heterocycles. The van der Waals surface area contributed by atoms with Crippen molar-refractivity contribution in [3.63, 3.8) is 0 Å². The topological polar surface area (TPSA) is 50.2 Å². The molecule has 3 aromatic rings. The number of aliphatic hydroxyl groups is 1. The Hall–Kier alpha value is -1.81. The normalized spacial score (nSPS) is 12.6. The number of fused-ring (bicyclic) bond motifs is 1. The van der Waals surface area contributed by atoms with Gasteiger partial charge in [0.05, 0.1) is 4.70 Å². The Morgan fingerprint density at radius 2 is 1.64 bits per heavy atom. The van der Waals surface area contributed by atoms with Crippen LogP contribution in [0, 0.1) is 23.8 Å². The minimum atomic E-state index is -0.417. The van der Waals surface area contributed by atoms with E-state index in [0.717, 1.165) is 24.1 Å². The summed E-state index contributed by atoms with van der Waals surface area (Å²) in [6, 6.07) is 12.4. The van der Waals surface area contributed by atoms with Crippen molar-refractivity contribution in [2.24, 2.45) is 10.8 Å². The third kappa shape index (κ3) is 8.36. The van der Waals surface area contributed by atoms with E-state index in [1.54, 1.807) is 11.3 Å². The first-order valence-electron chi connectivity index (χ1n) is 12.4. The number of aryl methyl sites for hydroxylation is 1. The van der Waals surface area contributed by atoms with E-state index in [0.29, 0.717) is 0 Å². The number of carbonyl (C=O) groups is 1. The van der Waals surface area contributed by atoms with Crippen molar-refractivity contribution < 1.29 is 30.0 Å². The van der Waals surface area contributed by atoms with Crippen molar-refractivity contribution in [2.45, 2.75) is 87.5 Å². The van der Waals surface area contributed by atoms with Crippen LogP contribution in [-0.2, 0) is 30.3 Å². The predicted octanol–water partition coefficient (Wildman–Crippen LogP) is 9.24. The Balaban J connectivity index is 0.000000402.